The van der Waals surface area contributed by atoms with Crippen molar-refractivity contribution in [3.8, 4) is 0 Å². The van der Waals surface area contributed by atoms with Gasteiger partial charge in [0.05, 0.1) is 0 Å². The first-order chi connectivity index (χ1) is 7.70. The van der Waals surface area contributed by atoms with Crippen molar-refractivity contribution in [3.05, 3.63) is 12.7 Å². The summed E-state index contributed by atoms with van der Waals surface area (Å²) in [6, 6.07) is 0. The van der Waals surface area contributed by atoms with Gasteiger partial charge in [0.1, 0.15) is 11.1 Å². The number of rotatable bonds is 2. The number of hydrogen-bond acceptors (Lipinski definition) is 3. The lowest BCUT2D eigenvalue weighted by molar-refractivity contribution is -0.169. The van der Waals surface area contributed by atoms with E-state index in [2.05, 4.69) is 6.58 Å². The van der Waals surface area contributed by atoms with Crippen LogP contribution < -0.4 is 0 Å². The molecule has 0 radical (unpaired) electrons. The van der Waals surface area contributed by atoms with Crippen LogP contribution in [0.5, 0.6) is 0 Å². The van der Waals surface area contributed by atoms with Crippen LogP contribution in [0.25, 0.3) is 0 Å². The van der Waals surface area contributed by atoms with Crippen LogP contribution in [0.1, 0.15) is 40.5 Å². The number of carbonyl (C=O) groups excluding carboxylic acids is 2. The molecule has 0 N–H and O–H groups in total. The third-order valence-electron chi connectivity index (χ3n) is 2.92. The zero-order valence-electron chi connectivity index (χ0n) is 11.1. The van der Waals surface area contributed by atoms with Gasteiger partial charge in [0.25, 0.3) is 0 Å². The molecule has 0 aromatic rings. The van der Waals surface area contributed by atoms with Crippen molar-refractivity contribution in [2.45, 2.75) is 51.7 Å². The number of nitrogens with zero attached hydrogens (tertiary/aromatic N) is 1. The second-order valence-electron chi connectivity index (χ2n) is 5.57. The molecule has 1 heterocycles. The average Bonchev–Trinajstić information content (AvgIpc) is 2.58. The summed E-state index contributed by atoms with van der Waals surface area (Å²) in [4.78, 5) is 25.4. The highest BCUT2D eigenvalue weighted by molar-refractivity contribution is 5.93. The standard InChI is InChI=1S/C13H21NO3/c1-6-10(15)14-9-7-8-13(14,5)11(16)17-12(2,3)4/h6H,1,7-9H2,2-5H3/t13-/m1/s1. The fraction of sp³-hybridized carbons (Fsp3) is 0.692. The van der Waals surface area contributed by atoms with Gasteiger partial charge < -0.3 is 9.64 Å². The lowest BCUT2D eigenvalue weighted by Crippen LogP contribution is -2.52. The van der Waals surface area contributed by atoms with E-state index < -0.39 is 11.1 Å². The first-order valence-corrected chi connectivity index (χ1v) is 5.88. The summed E-state index contributed by atoms with van der Waals surface area (Å²) in [6.07, 6.45) is 2.70. The smallest absolute Gasteiger partial charge is 0.332 e. The van der Waals surface area contributed by atoms with Gasteiger partial charge >= 0.3 is 5.97 Å². The van der Waals surface area contributed by atoms with E-state index >= 15 is 0 Å². The first-order valence-electron chi connectivity index (χ1n) is 5.88. The molecule has 17 heavy (non-hydrogen) atoms. The van der Waals surface area contributed by atoms with Crippen LogP contribution in [-0.2, 0) is 14.3 Å². The summed E-state index contributed by atoms with van der Waals surface area (Å²) in [5.41, 5.74) is -1.38. The Labute approximate surface area is 103 Å². The lowest BCUT2D eigenvalue weighted by atomic mass is 9.98. The van der Waals surface area contributed by atoms with Crippen molar-refractivity contribution in [1.29, 1.82) is 0 Å². The average molecular weight is 239 g/mol. The van der Waals surface area contributed by atoms with E-state index in [1.165, 1.54) is 6.08 Å². The maximum atomic E-state index is 12.2. The number of esters is 1. The molecule has 0 aromatic heterocycles. The molecule has 96 valence electrons. The zero-order chi connectivity index (χ0) is 13.3. The van der Waals surface area contributed by atoms with E-state index in [0.29, 0.717) is 13.0 Å². The van der Waals surface area contributed by atoms with Gasteiger partial charge in [-0.1, -0.05) is 6.58 Å². The van der Waals surface area contributed by atoms with Crippen LogP contribution in [0, 0.1) is 0 Å². The number of hydrogen-bond donors (Lipinski definition) is 0. The van der Waals surface area contributed by atoms with Crippen molar-refractivity contribution in [3.63, 3.8) is 0 Å². The first kappa shape index (κ1) is 13.7. The summed E-state index contributed by atoms with van der Waals surface area (Å²) in [5.74, 6) is -0.548. The molecule has 1 fully saturated rings. The predicted octanol–water partition coefficient (Wildman–Crippen LogP) is 1.90. The van der Waals surface area contributed by atoms with Gasteiger partial charge in [0, 0.05) is 6.54 Å². The van der Waals surface area contributed by atoms with Crippen molar-refractivity contribution < 1.29 is 14.3 Å². The summed E-state index contributed by atoms with van der Waals surface area (Å²) >= 11 is 0. The van der Waals surface area contributed by atoms with Crippen molar-refractivity contribution >= 4 is 11.9 Å². The van der Waals surface area contributed by atoms with Gasteiger partial charge in [-0.15, -0.1) is 0 Å². The Bertz CT molecular complexity index is 343. The molecule has 1 saturated heterocycles. The fourth-order valence-electron chi connectivity index (χ4n) is 2.03. The van der Waals surface area contributed by atoms with Crippen LogP contribution in [-0.4, -0.2) is 34.5 Å². The van der Waals surface area contributed by atoms with Gasteiger partial charge in [-0.05, 0) is 46.6 Å². The van der Waals surface area contributed by atoms with Gasteiger partial charge in [-0.3, -0.25) is 4.79 Å². The van der Waals surface area contributed by atoms with Gasteiger partial charge in [0.15, 0.2) is 0 Å². The van der Waals surface area contributed by atoms with E-state index in [0.717, 1.165) is 6.42 Å². The minimum Gasteiger partial charge on any atom is -0.458 e. The molecule has 0 spiro atoms. The highest BCUT2D eigenvalue weighted by atomic mass is 16.6. The van der Waals surface area contributed by atoms with Crippen LogP contribution >= 0.6 is 0 Å². The molecule has 0 unspecified atom stereocenters. The summed E-state index contributed by atoms with van der Waals surface area (Å²) in [7, 11) is 0. The highest BCUT2D eigenvalue weighted by Gasteiger charge is 2.47. The minimum absolute atomic E-state index is 0.212. The Morgan fingerprint density at radius 2 is 2.00 bits per heavy atom. The van der Waals surface area contributed by atoms with Crippen molar-refractivity contribution in [2.24, 2.45) is 0 Å². The van der Waals surface area contributed by atoms with Gasteiger partial charge in [-0.2, -0.15) is 0 Å². The fourth-order valence-corrected chi connectivity index (χ4v) is 2.03. The van der Waals surface area contributed by atoms with Crippen LogP contribution in [0.4, 0.5) is 0 Å². The summed E-state index contributed by atoms with van der Waals surface area (Å²) in [5, 5.41) is 0. The number of amides is 1. The van der Waals surface area contributed by atoms with Crippen LogP contribution in [0.2, 0.25) is 0 Å². The third kappa shape index (κ3) is 2.87. The van der Waals surface area contributed by atoms with Crippen LogP contribution in [0.15, 0.2) is 12.7 Å². The lowest BCUT2D eigenvalue weighted by Gasteiger charge is -2.34. The molecule has 1 aliphatic rings. The number of likely N-dealkylation sites (tertiary alicyclic amines) is 1. The quantitative estimate of drug-likeness (QED) is 0.546. The topological polar surface area (TPSA) is 46.6 Å². The normalized spacial score (nSPS) is 24.6. The minimum atomic E-state index is -0.849. The second-order valence-corrected chi connectivity index (χ2v) is 5.57. The Balaban J connectivity index is 2.89. The molecule has 0 bridgehead atoms. The molecule has 0 aliphatic carbocycles. The molecule has 1 rings (SSSR count). The summed E-state index contributed by atoms with van der Waals surface area (Å²) < 4.78 is 5.38. The van der Waals surface area contributed by atoms with E-state index in [9.17, 15) is 9.59 Å². The maximum Gasteiger partial charge on any atom is 0.332 e. The zero-order valence-corrected chi connectivity index (χ0v) is 11.1. The molecular formula is C13H21NO3. The van der Waals surface area contributed by atoms with E-state index in [1.807, 2.05) is 20.8 Å². The third-order valence-corrected chi connectivity index (χ3v) is 2.92. The van der Waals surface area contributed by atoms with E-state index in [1.54, 1.807) is 11.8 Å². The van der Waals surface area contributed by atoms with Gasteiger partial charge in [-0.25, -0.2) is 4.79 Å². The molecule has 0 saturated carbocycles. The molecule has 4 heteroatoms. The second kappa shape index (κ2) is 4.51. The Kier molecular flexibility index (Phi) is 3.65. The highest BCUT2D eigenvalue weighted by Crippen LogP contribution is 2.31. The maximum absolute atomic E-state index is 12.2. The largest absolute Gasteiger partial charge is 0.458 e. The molecular weight excluding hydrogens is 218 g/mol. The van der Waals surface area contributed by atoms with Gasteiger partial charge in [0.2, 0.25) is 5.91 Å². The molecule has 1 amide bonds. The number of carbonyl (C=O) groups is 2. The molecule has 0 aromatic carbocycles. The van der Waals surface area contributed by atoms with Crippen molar-refractivity contribution in [1.82, 2.24) is 4.90 Å². The Morgan fingerprint density at radius 1 is 1.41 bits per heavy atom. The molecule has 1 atom stereocenters. The molecule has 4 nitrogen and oxygen atoms in total. The number of ether oxygens (including phenoxy) is 1. The van der Waals surface area contributed by atoms with E-state index in [4.69, 9.17) is 4.74 Å². The Morgan fingerprint density at radius 3 is 2.47 bits per heavy atom. The van der Waals surface area contributed by atoms with Crippen LogP contribution in [0.3, 0.4) is 0 Å². The Hall–Kier alpha value is -1.32. The SMILES string of the molecule is C=CC(=O)N1CCC[C@]1(C)C(=O)OC(C)(C)C. The summed E-state index contributed by atoms with van der Waals surface area (Å²) in [6.45, 7) is 11.3. The monoisotopic (exact) mass is 239 g/mol. The van der Waals surface area contributed by atoms with Crippen molar-refractivity contribution in [2.75, 3.05) is 6.54 Å². The van der Waals surface area contributed by atoms with E-state index in [-0.39, 0.29) is 11.9 Å². The molecule has 1 aliphatic heterocycles. The predicted molar refractivity (Wildman–Crippen MR) is 65.4 cm³/mol.